The Labute approximate surface area is 138 Å². The predicted octanol–water partition coefficient (Wildman–Crippen LogP) is 4.68. The highest BCUT2D eigenvalue weighted by Gasteiger charge is 2.09. The van der Waals surface area contributed by atoms with E-state index in [0.717, 1.165) is 28.5 Å². The molecular formula is C20H13NO3. The molecule has 0 aliphatic rings. The van der Waals surface area contributed by atoms with Crippen LogP contribution >= 0.6 is 0 Å². The van der Waals surface area contributed by atoms with E-state index in [9.17, 15) is 9.90 Å². The van der Waals surface area contributed by atoms with Gasteiger partial charge in [0.05, 0.1) is 0 Å². The highest BCUT2D eigenvalue weighted by Crippen LogP contribution is 2.29. The maximum atomic E-state index is 10.7. The first kappa shape index (κ1) is 14.2. The first-order chi connectivity index (χ1) is 11.7. The lowest BCUT2D eigenvalue weighted by Crippen LogP contribution is -1.81. The molecule has 0 fully saturated rings. The van der Waals surface area contributed by atoms with Crippen molar-refractivity contribution >= 4 is 17.4 Å². The number of hydrogen-bond acceptors (Lipinski definition) is 4. The number of oxazole rings is 1. The number of phenols is 1. The standard InChI is InChI=1S/C20H13NO3/c22-12-13-1-3-15(4-2-13)20-21-18-11-16(7-10-19(18)24-20)14-5-8-17(23)9-6-14/h1-12,23H. The zero-order chi connectivity index (χ0) is 16.5. The number of rotatable bonds is 3. The summed E-state index contributed by atoms with van der Waals surface area (Å²) in [7, 11) is 0. The molecule has 4 rings (SSSR count). The fourth-order valence-electron chi connectivity index (χ4n) is 2.59. The van der Waals surface area contributed by atoms with Crippen LogP contribution < -0.4 is 0 Å². The van der Waals surface area contributed by atoms with Gasteiger partial charge in [-0.25, -0.2) is 4.98 Å². The average molecular weight is 315 g/mol. The van der Waals surface area contributed by atoms with Gasteiger partial charge in [-0.2, -0.15) is 0 Å². The van der Waals surface area contributed by atoms with Gasteiger partial charge in [0.1, 0.15) is 17.6 Å². The van der Waals surface area contributed by atoms with Gasteiger partial charge in [-0.3, -0.25) is 4.79 Å². The number of carbonyl (C=O) groups is 1. The molecule has 0 aliphatic heterocycles. The number of nitrogens with zero attached hydrogens (tertiary/aromatic N) is 1. The topological polar surface area (TPSA) is 63.3 Å². The van der Waals surface area contributed by atoms with Crippen LogP contribution in [-0.2, 0) is 0 Å². The molecule has 0 unspecified atom stereocenters. The van der Waals surface area contributed by atoms with E-state index in [1.54, 1.807) is 24.3 Å². The lowest BCUT2D eigenvalue weighted by Gasteiger charge is -2.01. The molecule has 0 radical (unpaired) electrons. The number of carbonyl (C=O) groups excluding carboxylic acids is 1. The summed E-state index contributed by atoms with van der Waals surface area (Å²) < 4.78 is 5.80. The summed E-state index contributed by atoms with van der Waals surface area (Å²) in [5.74, 6) is 0.757. The van der Waals surface area contributed by atoms with E-state index in [2.05, 4.69) is 4.98 Å². The lowest BCUT2D eigenvalue weighted by atomic mass is 10.1. The second kappa shape index (κ2) is 5.66. The molecule has 3 aromatic carbocycles. The molecular weight excluding hydrogens is 302 g/mol. The Kier molecular flexibility index (Phi) is 3.35. The Morgan fingerprint density at radius 3 is 2.21 bits per heavy atom. The van der Waals surface area contributed by atoms with E-state index in [0.29, 0.717) is 17.0 Å². The number of aromatic nitrogens is 1. The van der Waals surface area contributed by atoms with E-state index in [1.807, 2.05) is 42.5 Å². The molecule has 4 aromatic rings. The molecule has 0 aliphatic carbocycles. The van der Waals surface area contributed by atoms with Crippen molar-refractivity contribution in [3.8, 4) is 28.3 Å². The number of aldehydes is 1. The van der Waals surface area contributed by atoms with Crippen molar-refractivity contribution < 1.29 is 14.3 Å². The summed E-state index contributed by atoms with van der Waals surface area (Å²) in [6, 6.07) is 19.9. The van der Waals surface area contributed by atoms with Crippen molar-refractivity contribution in [2.45, 2.75) is 0 Å². The highest BCUT2D eigenvalue weighted by atomic mass is 16.3. The maximum absolute atomic E-state index is 10.7. The van der Waals surface area contributed by atoms with Crippen LogP contribution in [-0.4, -0.2) is 16.4 Å². The molecule has 4 nitrogen and oxygen atoms in total. The van der Waals surface area contributed by atoms with E-state index in [-0.39, 0.29) is 5.75 Å². The number of fused-ring (bicyclic) bond motifs is 1. The molecule has 0 saturated heterocycles. The minimum atomic E-state index is 0.238. The predicted molar refractivity (Wildman–Crippen MR) is 91.9 cm³/mol. The number of aromatic hydroxyl groups is 1. The second-order valence-electron chi connectivity index (χ2n) is 5.49. The van der Waals surface area contributed by atoms with Gasteiger partial charge in [0.15, 0.2) is 5.58 Å². The summed E-state index contributed by atoms with van der Waals surface area (Å²) in [5, 5.41) is 9.39. The molecule has 24 heavy (non-hydrogen) atoms. The molecule has 0 bridgehead atoms. The molecule has 0 atom stereocenters. The van der Waals surface area contributed by atoms with Gasteiger partial charge >= 0.3 is 0 Å². The van der Waals surface area contributed by atoms with Gasteiger partial charge in [-0.05, 0) is 47.5 Å². The third kappa shape index (κ3) is 2.54. The summed E-state index contributed by atoms with van der Waals surface area (Å²) in [4.78, 5) is 15.3. The van der Waals surface area contributed by atoms with Gasteiger partial charge < -0.3 is 9.52 Å². The van der Waals surface area contributed by atoms with Crippen molar-refractivity contribution in [2.24, 2.45) is 0 Å². The zero-order valence-corrected chi connectivity index (χ0v) is 12.6. The molecule has 4 heteroatoms. The molecule has 0 amide bonds. The third-order valence-electron chi connectivity index (χ3n) is 3.88. The van der Waals surface area contributed by atoms with Gasteiger partial charge in [-0.15, -0.1) is 0 Å². The zero-order valence-electron chi connectivity index (χ0n) is 12.6. The summed E-state index contributed by atoms with van der Waals surface area (Å²) in [6.45, 7) is 0. The SMILES string of the molecule is O=Cc1ccc(-c2nc3cc(-c4ccc(O)cc4)ccc3o2)cc1. The third-order valence-corrected chi connectivity index (χ3v) is 3.88. The van der Waals surface area contributed by atoms with Crippen molar-refractivity contribution in [3.05, 3.63) is 72.3 Å². The molecule has 0 saturated carbocycles. The highest BCUT2D eigenvalue weighted by molar-refractivity contribution is 5.83. The van der Waals surface area contributed by atoms with Crippen LogP contribution in [0.4, 0.5) is 0 Å². The lowest BCUT2D eigenvalue weighted by molar-refractivity contribution is 0.112. The fraction of sp³-hybridized carbons (Fsp3) is 0. The fourth-order valence-corrected chi connectivity index (χ4v) is 2.59. The Morgan fingerprint density at radius 2 is 1.50 bits per heavy atom. The Hall–Kier alpha value is -3.40. The number of hydrogen-bond donors (Lipinski definition) is 1. The van der Waals surface area contributed by atoms with Crippen molar-refractivity contribution in [1.82, 2.24) is 4.98 Å². The van der Waals surface area contributed by atoms with Crippen molar-refractivity contribution in [2.75, 3.05) is 0 Å². The number of phenolic OH excluding ortho intramolecular Hbond substituents is 1. The average Bonchev–Trinajstić information content (AvgIpc) is 3.05. The Morgan fingerprint density at radius 1 is 0.833 bits per heavy atom. The molecule has 1 heterocycles. The quantitative estimate of drug-likeness (QED) is 0.558. The normalized spacial score (nSPS) is 10.8. The van der Waals surface area contributed by atoms with Crippen LogP contribution in [0.15, 0.2) is 71.1 Å². The largest absolute Gasteiger partial charge is 0.508 e. The van der Waals surface area contributed by atoms with Crippen LogP contribution in [0.25, 0.3) is 33.7 Å². The first-order valence-corrected chi connectivity index (χ1v) is 7.48. The van der Waals surface area contributed by atoms with Gasteiger partial charge in [0.2, 0.25) is 5.89 Å². The minimum Gasteiger partial charge on any atom is -0.508 e. The molecule has 116 valence electrons. The summed E-state index contributed by atoms with van der Waals surface area (Å²) in [6.07, 6.45) is 0.805. The smallest absolute Gasteiger partial charge is 0.227 e. The van der Waals surface area contributed by atoms with E-state index in [1.165, 1.54) is 0 Å². The monoisotopic (exact) mass is 315 g/mol. The van der Waals surface area contributed by atoms with Gasteiger partial charge in [0.25, 0.3) is 0 Å². The molecule has 0 spiro atoms. The van der Waals surface area contributed by atoms with Gasteiger partial charge in [-0.1, -0.05) is 30.3 Å². The molecule has 1 aromatic heterocycles. The van der Waals surface area contributed by atoms with Gasteiger partial charge in [0, 0.05) is 11.1 Å². The van der Waals surface area contributed by atoms with E-state index in [4.69, 9.17) is 4.42 Å². The Balaban J connectivity index is 1.75. The van der Waals surface area contributed by atoms with Crippen LogP contribution in [0.1, 0.15) is 10.4 Å². The molecule has 1 N–H and O–H groups in total. The van der Waals surface area contributed by atoms with Crippen LogP contribution in [0, 0.1) is 0 Å². The van der Waals surface area contributed by atoms with E-state index >= 15 is 0 Å². The summed E-state index contributed by atoms with van der Waals surface area (Å²) in [5.41, 5.74) is 4.89. The number of benzene rings is 3. The minimum absolute atomic E-state index is 0.238. The van der Waals surface area contributed by atoms with Crippen molar-refractivity contribution in [1.29, 1.82) is 0 Å². The maximum Gasteiger partial charge on any atom is 0.227 e. The second-order valence-corrected chi connectivity index (χ2v) is 5.49. The first-order valence-electron chi connectivity index (χ1n) is 7.48. The van der Waals surface area contributed by atoms with Crippen LogP contribution in [0.2, 0.25) is 0 Å². The Bertz CT molecular complexity index is 1020. The van der Waals surface area contributed by atoms with Crippen LogP contribution in [0.5, 0.6) is 5.75 Å². The van der Waals surface area contributed by atoms with Crippen LogP contribution in [0.3, 0.4) is 0 Å². The van der Waals surface area contributed by atoms with Crippen molar-refractivity contribution in [3.63, 3.8) is 0 Å². The summed E-state index contributed by atoms with van der Waals surface area (Å²) >= 11 is 0. The van der Waals surface area contributed by atoms with E-state index < -0.39 is 0 Å².